The lowest BCUT2D eigenvalue weighted by Crippen LogP contribution is -2.33. The van der Waals surface area contributed by atoms with Crippen molar-refractivity contribution in [1.29, 1.82) is 0 Å². The number of benzene rings is 2. The minimum Gasteiger partial charge on any atom is -0.309 e. The smallest absolute Gasteiger partial charge is 0.229 e. The maximum Gasteiger partial charge on any atom is 0.229 e. The lowest BCUT2D eigenvalue weighted by Gasteiger charge is -2.21. The molecule has 2 aromatic carbocycles. The average Bonchev–Trinajstić information content (AvgIpc) is 3.10. The summed E-state index contributed by atoms with van der Waals surface area (Å²) in [6.45, 7) is 5.80. The summed E-state index contributed by atoms with van der Waals surface area (Å²) in [5.41, 5.74) is 3.38. The Kier molecular flexibility index (Phi) is 8.17. The van der Waals surface area contributed by atoms with E-state index in [1.54, 1.807) is 23.1 Å². The Morgan fingerprint density at radius 1 is 1.13 bits per heavy atom. The Hall–Kier alpha value is -1.60. The van der Waals surface area contributed by atoms with E-state index in [-0.39, 0.29) is 5.91 Å². The fraction of sp³-hybridized carbons (Fsp3) is 0.391. The van der Waals surface area contributed by atoms with E-state index >= 15 is 0 Å². The second-order valence-electron chi connectivity index (χ2n) is 7.68. The summed E-state index contributed by atoms with van der Waals surface area (Å²) < 4.78 is 1.14. The van der Waals surface area contributed by atoms with Crippen LogP contribution in [0.4, 0.5) is 5.13 Å². The minimum atomic E-state index is 0.128. The van der Waals surface area contributed by atoms with Crippen LogP contribution in [-0.2, 0) is 4.79 Å². The number of anilines is 1. The van der Waals surface area contributed by atoms with Gasteiger partial charge in [-0.1, -0.05) is 29.0 Å². The predicted octanol–water partition coefficient (Wildman–Crippen LogP) is 6.03. The number of halogens is 1. The molecule has 0 aliphatic carbocycles. The first-order valence-electron chi connectivity index (χ1n) is 10.0. The van der Waals surface area contributed by atoms with Gasteiger partial charge in [0.05, 0.1) is 10.2 Å². The molecule has 0 unspecified atom stereocenters. The van der Waals surface area contributed by atoms with E-state index in [1.165, 1.54) is 5.56 Å². The molecular formula is C23H28ClN3OS2. The van der Waals surface area contributed by atoms with Crippen molar-refractivity contribution in [2.24, 2.45) is 0 Å². The number of aryl methyl sites for hydroxylation is 2. The lowest BCUT2D eigenvalue weighted by molar-refractivity contribution is -0.118. The number of thioether (sulfide) groups is 1. The molecule has 0 fully saturated rings. The first-order chi connectivity index (χ1) is 14.3. The van der Waals surface area contributed by atoms with E-state index < -0.39 is 0 Å². The van der Waals surface area contributed by atoms with E-state index in [0.29, 0.717) is 13.0 Å². The SMILES string of the molecule is Cc1cc(C)c2nc(N(CCCN(C)C)C(=O)CCSc3ccc(Cl)cc3)sc2c1. The lowest BCUT2D eigenvalue weighted by atomic mass is 10.1. The molecular weight excluding hydrogens is 434 g/mol. The van der Waals surface area contributed by atoms with E-state index in [9.17, 15) is 4.79 Å². The Morgan fingerprint density at radius 2 is 1.87 bits per heavy atom. The molecule has 0 N–H and O–H groups in total. The van der Waals surface area contributed by atoms with E-state index in [0.717, 1.165) is 49.5 Å². The van der Waals surface area contributed by atoms with Gasteiger partial charge in [0, 0.05) is 28.6 Å². The van der Waals surface area contributed by atoms with Crippen LogP contribution in [0.15, 0.2) is 41.3 Å². The summed E-state index contributed by atoms with van der Waals surface area (Å²) >= 11 is 9.24. The number of amides is 1. The second-order valence-corrected chi connectivity index (χ2v) is 10.3. The van der Waals surface area contributed by atoms with Crippen LogP contribution in [0.2, 0.25) is 5.02 Å². The van der Waals surface area contributed by atoms with Crippen molar-refractivity contribution in [3.63, 3.8) is 0 Å². The average molecular weight is 462 g/mol. The van der Waals surface area contributed by atoms with Gasteiger partial charge in [-0.2, -0.15) is 0 Å². The summed E-state index contributed by atoms with van der Waals surface area (Å²) in [7, 11) is 4.11. The van der Waals surface area contributed by atoms with Gasteiger partial charge in [-0.05, 0) is 82.4 Å². The van der Waals surface area contributed by atoms with Crippen LogP contribution in [0.3, 0.4) is 0 Å². The molecule has 0 saturated heterocycles. The van der Waals surface area contributed by atoms with E-state index in [1.807, 2.05) is 29.2 Å². The van der Waals surface area contributed by atoms with Crippen LogP contribution in [0.5, 0.6) is 0 Å². The predicted molar refractivity (Wildman–Crippen MR) is 131 cm³/mol. The number of carbonyl (C=O) groups excluding carboxylic acids is 1. The first-order valence-corrected chi connectivity index (χ1v) is 12.2. The van der Waals surface area contributed by atoms with Crippen molar-refractivity contribution >= 4 is 56.0 Å². The topological polar surface area (TPSA) is 36.4 Å². The number of hydrogen-bond donors (Lipinski definition) is 0. The fourth-order valence-corrected chi connectivity index (χ4v) is 5.42. The third-order valence-corrected chi connectivity index (χ3v) is 7.03. The molecule has 30 heavy (non-hydrogen) atoms. The summed E-state index contributed by atoms with van der Waals surface area (Å²) in [5.74, 6) is 0.858. The number of thiazole rings is 1. The van der Waals surface area contributed by atoms with Gasteiger partial charge in [0.25, 0.3) is 0 Å². The third-order valence-electron chi connectivity index (χ3n) is 4.74. The number of hydrogen-bond acceptors (Lipinski definition) is 5. The van der Waals surface area contributed by atoms with Gasteiger partial charge in [-0.3, -0.25) is 9.69 Å². The number of rotatable bonds is 9. The first kappa shape index (κ1) is 23.1. The number of aromatic nitrogens is 1. The van der Waals surface area contributed by atoms with E-state index in [4.69, 9.17) is 16.6 Å². The molecule has 0 radical (unpaired) electrons. The molecule has 0 atom stereocenters. The Balaban J connectivity index is 1.73. The highest BCUT2D eigenvalue weighted by molar-refractivity contribution is 7.99. The van der Waals surface area contributed by atoms with Crippen LogP contribution in [-0.4, -0.2) is 48.7 Å². The molecule has 0 bridgehead atoms. The van der Waals surface area contributed by atoms with Crippen LogP contribution in [0.25, 0.3) is 10.2 Å². The number of fused-ring (bicyclic) bond motifs is 1. The molecule has 1 aromatic heterocycles. The van der Waals surface area contributed by atoms with Gasteiger partial charge < -0.3 is 4.90 Å². The standard InChI is InChI=1S/C23H28ClN3OS2/c1-16-14-17(2)22-20(15-16)30-23(25-22)27(12-5-11-26(3)4)21(28)10-13-29-19-8-6-18(24)7-9-19/h6-9,14-15H,5,10-13H2,1-4H3. The third kappa shape index (κ3) is 6.20. The zero-order valence-corrected chi connectivity index (χ0v) is 20.3. The van der Waals surface area contributed by atoms with Crippen LogP contribution in [0.1, 0.15) is 24.0 Å². The zero-order valence-electron chi connectivity index (χ0n) is 17.9. The molecule has 1 amide bonds. The van der Waals surface area contributed by atoms with Crippen molar-refractivity contribution in [2.45, 2.75) is 31.6 Å². The minimum absolute atomic E-state index is 0.128. The summed E-state index contributed by atoms with van der Waals surface area (Å²) in [6.07, 6.45) is 1.39. The molecule has 160 valence electrons. The van der Waals surface area contributed by atoms with Crippen LogP contribution < -0.4 is 4.90 Å². The summed E-state index contributed by atoms with van der Waals surface area (Å²) in [5, 5.41) is 1.53. The zero-order chi connectivity index (χ0) is 21.7. The highest BCUT2D eigenvalue weighted by atomic mass is 35.5. The Morgan fingerprint density at radius 3 is 2.57 bits per heavy atom. The molecule has 7 heteroatoms. The maximum atomic E-state index is 13.1. The van der Waals surface area contributed by atoms with Gasteiger partial charge in [0.15, 0.2) is 5.13 Å². The van der Waals surface area contributed by atoms with Crippen LogP contribution in [0, 0.1) is 13.8 Å². The normalized spacial score (nSPS) is 11.4. The molecule has 4 nitrogen and oxygen atoms in total. The highest BCUT2D eigenvalue weighted by Crippen LogP contribution is 2.32. The second kappa shape index (κ2) is 10.6. The quantitative estimate of drug-likeness (QED) is 0.364. The van der Waals surface area contributed by atoms with Crippen molar-refractivity contribution in [3.05, 3.63) is 52.5 Å². The Labute approximate surface area is 192 Å². The van der Waals surface area contributed by atoms with E-state index in [2.05, 4.69) is 45.0 Å². The molecule has 3 rings (SSSR count). The molecule has 0 aliphatic heterocycles. The molecule has 1 heterocycles. The Bertz CT molecular complexity index is 1000. The summed E-state index contributed by atoms with van der Waals surface area (Å²) in [6, 6.07) is 12.0. The summed E-state index contributed by atoms with van der Waals surface area (Å²) in [4.78, 5) is 23.1. The van der Waals surface area contributed by atoms with Crippen LogP contribution >= 0.6 is 34.7 Å². The highest BCUT2D eigenvalue weighted by Gasteiger charge is 2.20. The van der Waals surface area contributed by atoms with Gasteiger partial charge in [0.2, 0.25) is 5.91 Å². The van der Waals surface area contributed by atoms with Gasteiger partial charge in [-0.25, -0.2) is 4.98 Å². The van der Waals surface area contributed by atoms with Crippen molar-refractivity contribution < 1.29 is 4.79 Å². The van der Waals surface area contributed by atoms with Gasteiger partial charge in [-0.15, -0.1) is 11.8 Å². The monoisotopic (exact) mass is 461 g/mol. The van der Waals surface area contributed by atoms with Gasteiger partial charge >= 0.3 is 0 Å². The molecule has 0 spiro atoms. The number of carbonyl (C=O) groups is 1. The molecule has 3 aromatic rings. The molecule has 0 saturated carbocycles. The number of nitrogens with zero attached hydrogens (tertiary/aromatic N) is 3. The largest absolute Gasteiger partial charge is 0.309 e. The van der Waals surface area contributed by atoms with Gasteiger partial charge in [0.1, 0.15) is 0 Å². The van der Waals surface area contributed by atoms with Crippen molar-refractivity contribution in [3.8, 4) is 0 Å². The van der Waals surface area contributed by atoms with Crippen molar-refractivity contribution in [1.82, 2.24) is 9.88 Å². The molecule has 0 aliphatic rings. The maximum absolute atomic E-state index is 13.1. The fourth-order valence-electron chi connectivity index (χ4n) is 3.27. The van der Waals surface area contributed by atoms with Crippen molar-refractivity contribution in [2.75, 3.05) is 37.8 Å².